The quantitative estimate of drug-likeness (QED) is 0.857. The molecule has 98 valence electrons. The molecule has 0 radical (unpaired) electrons. The second kappa shape index (κ2) is 4.35. The maximum atomic E-state index is 6.22. The summed E-state index contributed by atoms with van der Waals surface area (Å²) in [5.41, 5.74) is 7.52. The molecular weight excluding hydrogens is 210 g/mol. The summed E-state index contributed by atoms with van der Waals surface area (Å²) in [6, 6.07) is 0. The maximum Gasteiger partial charge on any atom is 0.126 e. The number of imidazole rings is 1. The Bertz CT molecular complexity index is 389. The summed E-state index contributed by atoms with van der Waals surface area (Å²) in [6.07, 6.45) is 0.926. The molecule has 17 heavy (non-hydrogen) atoms. The number of nitrogens with zero attached hydrogens (tertiary/aromatic N) is 2. The van der Waals surface area contributed by atoms with Gasteiger partial charge in [-0.2, -0.15) is 0 Å². The first kappa shape index (κ1) is 14.1. The average molecular weight is 237 g/mol. The fraction of sp³-hybridized carbons (Fsp3) is 0.786. The van der Waals surface area contributed by atoms with Crippen molar-refractivity contribution in [2.75, 3.05) is 5.73 Å². The monoisotopic (exact) mass is 237 g/mol. The van der Waals surface area contributed by atoms with Crippen LogP contribution >= 0.6 is 0 Å². The van der Waals surface area contributed by atoms with Crippen LogP contribution in [0.25, 0.3) is 0 Å². The zero-order chi connectivity index (χ0) is 13.4. The Kier molecular flexibility index (Phi) is 3.60. The zero-order valence-corrected chi connectivity index (χ0v) is 12.4. The van der Waals surface area contributed by atoms with Crippen molar-refractivity contribution >= 4 is 5.82 Å². The molecule has 0 unspecified atom stereocenters. The number of anilines is 1. The van der Waals surface area contributed by atoms with Crippen molar-refractivity contribution in [3.63, 3.8) is 0 Å². The van der Waals surface area contributed by atoms with Gasteiger partial charge in [-0.15, -0.1) is 0 Å². The predicted molar refractivity (Wildman–Crippen MR) is 74.2 cm³/mol. The molecule has 0 aliphatic carbocycles. The van der Waals surface area contributed by atoms with E-state index >= 15 is 0 Å². The molecule has 1 heterocycles. The highest BCUT2D eigenvalue weighted by atomic mass is 15.1. The lowest BCUT2D eigenvalue weighted by atomic mass is 9.90. The molecule has 0 saturated heterocycles. The van der Waals surface area contributed by atoms with E-state index in [1.165, 1.54) is 0 Å². The van der Waals surface area contributed by atoms with Gasteiger partial charge in [-0.05, 0) is 18.8 Å². The van der Waals surface area contributed by atoms with E-state index in [4.69, 9.17) is 10.7 Å². The third kappa shape index (κ3) is 3.24. The number of nitrogen functional groups attached to an aromatic ring is 1. The summed E-state index contributed by atoms with van der Waals surface area (Å²) in [4.78, 5) is 4.78. The summed E-state index contributed by atoms with van der Waals surface area (Å²) in [5, 5.41) is 0. The lowest BCUT2D eigenvalue weighted by molar-refractivity contribution is 0.406. The van der Waals surface area contributed by atoms with Crippen molar-refractivity contribution in [2.45, 2.75) is 66.8 Å². The zero-order valence-electron chi connectivity index (χ0n) is 12.4. The van der Waals surface area contributed by atoms with E-state index in [0.29, 0.717) is 0 Å². The molecule has 2 N–H and O–H groups in total. The van der Waals surface area contributed by atoms with Gasteiger partial charge in [0, 0.05) is 12.0 Å². The fourth-order valence-electron chi connectivity index (χ4n) is 2.04. The van der Waals surface area contributed by atoms with Crippen LogP contribution in [0.15, 0.2) is 0 Å². The molecule has 0 fully saturated rings. The van der Waals surface area contributed by atoms with Crippen molar-refractivity contribution in [1.82, 2.24) is 9.55 Å². The molecule has 0 saturated carbocycles. The van der Waals surface area contributed by atoms with E-state index in [0.717, 1.165) is 30.3 Å². The summed E-state index contributed by atoms with van der Waals surface area (Å²) >= 11 is 0. The van der Waals surface area contributed by atoms with Gasteiger partial charge in [0.25, 0.3) is 0 Å². The minimum atomic E-state index is 0.0419. The molecule has 0 aliphatic rings. The molecule has 1 rings (SSSR count). The molecule has 0 bridgehead atoms. The first-order valence-electron chi connectivity index (χ1n) is 6.41. The van der Waals surface area contributed by atoms with Crippen LogP contribution in [0.4, 0.5) is 5.82 Å². The highest BCUT2D eigenvalue weighted by Crippen LogP contribution is 2.29. The van der Waals surface area contributed by atoms with Crippen LogP contribution < -0.4 is 5.73 Å². The van der Waals surface area contributed by atoms with Gasteiger partial charge in [0.05, 0.1) is 5.69 Å². The molecule has 3 heteroatoms. The van der Waals surface area contributed by atoms with Crippen LogP contribution in [-0.4, -0.2) is 9.55 Å². The van der Waals surface area contributed by atoms with Crippen LogP contribution in [-0.2, 0) is 18.4 Å². The molecule has 0 amide bonds. The Morgan fingerprint density at radius 2 is 1.65 bits per heavy atom. The molecule has 0 atom stereocenters. The maximum absolute atomic E-state index is 6.22. The minimum absolute atomic E-state index is 0.0419. The second-order valence-corrected chi connectivity index (χ2v) is 7.00. The number of nitrogens with two attached hydrogens (primary N) is 1. The van der Waals surface area contributed by atoms with Gasteiger partial charge < -0.3 is 10.3 Å². The van der Waals surface area contributed by atoms with Crippen molar-refractivity contribution in [2.24, 2.45) is 5.41 Å². The number of hydrogen-bond donors (Lipinski definition) is 1. The minimum Gasteiger partial charge on any atom is -0.384 e. The summed E-state index contributed by atoms with van der Waals surface area (Å²) in [7, 11) is 0. The van der Waals surface area contributed by atoms with Crippen LogP contribution in [0, 0.1) is 5.41 Å². The van der Waals surface area contributed by atoms with Crippen LogP contribution in [0.5, 0.6) is 0 Å². The summed E-state index contributed by atoms with van der Waals surface area (Å²) in [6.45, 7) is 16.2. The van der Waals surface area contributed by atoms with Crippen LogP contribution in [0.1, 0.15) is 60.0 Å². The van der Waals surface area contributed by atoms with Crippen molar-refractivity contribution in [1.29, 1.82) is 0 Å². The fourth-order valence-corrected chi connectivity index (χ4v) is 2.04. The predicted octanol–water partition coefficient (Wildman–Crippen LogP) is 3.37. The van der Waals surface area contributed by atoms with Crippen molar-refractivity contribution in [3.05, 3.63) is 11.5 Å². The first-order chi connectivity index (χ1) is 7.56. The molecule has 3 nitrogen and oxygen atoms in total. The number of hydrogen-bond acceptors (Lipinski definition) is 2. The Morgan fingerprint density at radius 1 is 1.12 bits per heavy atom. The van der Waals surface area contributed by atoms with E-state index in [2.05, 4.69) is 53.0 Å². The first-order valence-corrected chi connectivity index (χ1v) is 6.41. The van der Waals surface area contributed by atoms with E-state index in [1.54, 1.807) is 0 Å². The van der Waals surface area contributed by atoms with Gasteiger partial charge in [-0.3, -0.25) is 0 Å². The number of rotatable bonds is 2. The molecule has 0 aliphatic heterocycles. The van der Waals surface area contributed by atoms with Gasteiger partial charge in [-0.1, -0.05) is 41.5 Å². The second-order valence-electron chi connectivity index (χ2n) is 7.00. The van der Waals surface area contributed by atoms with E-state index in [9.17, 15) is 0 Å². The van der Waals surface area contributed by atoms with Gasteiger partial charge >= 0.3 is 0 Å². The van der Waals surface area contributed by atoms with E-state index < -0.39 is 0 Å². The smallest absolute Gasteiger partial charge is 0.126 e. The topological polar surface area (TPSA) is 43.8 Å². The largest absolute Gasteiger partial charge is 0.384 e. The Hall–Kier alpha value is -0.990. The van der Waals surface area contributed by atoms with Crippen LogP contribution in [0.2, 0.25) is 0 Å². The van der Waals surface area contributed by atoms with Crippen molar-refractivity contribution < 1.29 is 0 Å². The molecule has 1 aromatic heterocycles. The lowest BCUT2D eigenvalue weighted by Gasteiger charge is -2.19. The van der Waals surface area contributed by atoms with E-state index in [1.807, 2.05) is 0 Å². The number of aromatic nitrogens is 2. The van der Waals surface area contributed by atoms with Crippen LogP contribution in [0.3, 0.4) is 0 Å². The van der Waals surface area contributed by atoms with E-state index in [-0.39, 0.29) is 10.8 Å². The molecule has 0 aromatic carbocycles. The SMILES string of the molecule is CCn1c(C(C)(C)C)nc(CC(C)(C)C)c1N. The van der Waals surface area contributed by atoms with Gasteiger partial charge in [0.15, 0.2) is 0 Å². The van der Waals surface area contributed by atoms with Gasteiger partial charge in [0.2, 0.25) is 0 Å². The standard InChI is InChI=1S/C14H27N3/c1-8-17-11(15)10(9-13(2,3)4)16-12(17)14(5,6)7/h8-9,15H2,1-7H3. The van der Waals surface area contributed by atoms with Gasteiger partial charge in [-0.25, -0.2) is 4.98 Å². The molecule has 1 aromatic rings. The normalized spacial score (nSPS) is 13.1. The third-order valence-corrected chi connectivity index (χ3v) is 2.77. The Labute approximate surface area is 105 Å². The Balaban J connectivity index is 3.23. The Morgan fingerprint density at radius 3 is 1.94 bits per heavy atom. The highest BCUT2D eigenvalue weighted by Gasteiger charge is 2.25. The van der Waals surface area contributed by atoms with Crippen molar-refractivity contribution in [3.8, 4) is 0 Å². The third-order valence-electron chi connectivity index (χ3n) is 2.77. The summed E-state index contributed by atoms with van der Waals surface area (Å²) in [5.74, 6) is 1.93. The lowest BCUT2D eigenvalue weighted by Crippen LogP contribution is -2.19. The summed E-state index contributed by atoms with van der Waals surface area (Å²) < 4.78 is 2.14. The van der Waals surface area contributed by atoms with Gasteiger partial charge in [0.1, 0.15) is 11.6 Å². The molecule has 0 spiro atoms. The average Bonchev–Trinajstić information content (AvgIpc) is 2.40. The highest BCUT2D eigenvalue weighted by molar-refractivity contribution is 5.40. The molecular formula is C14H27N3.